The van der Waals surface area contributed by atoms with Crippen LogP contribution < -0.4 is 0 Å². The zero-order chi connectivity index (χ0) is 38.0. The van der Waals surface area contributed by atoms with Gasteiger partial charge in [-0.25, -0.2) is 0 Å². The van der Waals surface area contributed by atoms with Crippen molar-refractivity contribution in [3.05, 3.63) is 23.3 Å². The van der Waals surface area contributed by atoms with Gasteiger partial charge in [-0.15, -0.1) is 0 Å². The van der Waals surface area contributed by atoms with Gasteiger partial charge in [-0.1, -0.05) is 44.1 Å². The third kappa shape index (κ3) is 6.99. The van der Waals surface area contributed by atoms with Crippen LogP contribution in [0.2, 0.25) is 0 Å². The highest BCUT2D eigenvalue weighted by Crippen LogP contribution is 2.68. The quantitative estimate of drug-likeness (QED) is 0.150. The molecule has 2 aliphatic heterocycles. The van der Waals surface area contributed by atoms with E-state index >= 15 is 0 Å². The van der Waals surface area contributed by atoms with Gasteiger partial charge in [0.1, 0.15) is 42.7 Å². The summed E-state index contributed by atoms with van der Waals surface area (Å²) in [7, 11) is 0. The number of aliphatic hydroxyl groups excluding tert-OH is 9. The summed E-state index contributed by atoms with van der Waals surface area (Å²) in [6.45, 7) is 11.6. The van der Waals surface area contributed by atoms with Crippen LogP contribution >= 0.6 is 0 Å². The average Bonchev–Trinajstić information content (AvgIpc) is 3.40. The van der Waals surface area contributed by atoms with E-state index in [2.05, 4.69) is 19.9 Å². The van der Waals surface area contributed by atoms with Crippen LogP contribution in [0.4, 0.5) is 0 Å². The summed E-state index contributed by atoms with van der Waals surface area (Å²) in [5.41, 5.74) is 1.39. The van der Waals surface area contributed by atoms with Gasteiger partial charge >= 0.3 is 0 Å². The van der Waals surface area contributed by atoms with Gasteiger partial charge in [-0.3, -0.25) is 0 Å². The average molecular weight is 741 g/mol. The molecule has 9 N–H and O–H groups in total. The molecule has 298 valence electrons. The Hall–Kier alpha value is -1.04. The first-order valence-electron chi connectivity index (χ1n) is 19.4. The fourth-order valence-electron chi connectivity index (χ4n) is 11.4. The molecule has 0 spiro atoms. The molecule has 0 amide bonds. The van der Waals surface area contributed by atoms with Crippen molar-refractivity contribution in [1.29, 1.82) is 0 Å². The second kappa shape index (κ2) is 15.5. The van der Waals surface area contributed by atoms with Gasteiger partial charge in [0.05, 0.1) is 37.1 Å². The molecule has 5 fully saturated rings. The molecule has 4 aliphatic carbocycles. The molecule has 13 nitrogen and oxygen atoms in total. The van der Waals surface area contributed by atoms with Crippen LogP contribution in [0.1, 0.15) is 86.5 Å². The first kappa shape index (κ1) is 40.6. The molecule has 0 aromatic carbocycles. The normalized spacial score (nSPS) is 51.8. The minimum atomic E-state index is -1.57. The van der Waals surface area contributed by atoms with E-state index < -0.39 is 97.8 Å². The van der Waals surface area contributed by atoms with Gasteiger partial charge in [0, 0.05) is 11.8 Å². The minimum absolute atomic E-state index is 0.111. The summed E-state index contributed by atoms with van der Waals surface area (Å²) in [5, 5.41) is 96.2. The molecule has 6 rings (SSSR count). The summed E-state index contributed by atoms with van der Waals surface area (Å²) in [5.74, 6) is 0.0153. The largest absolute Gasteiger partial charge is 0.394 e. The Morgan fingerprint density at radius 1 is 0.904 bits per heavy atom. The highest BCUT2D eigenvalue weighted by molar-refractivity contribution is 5.28. The fourth-order valence-corrected chi connectivity index (χ4v) is 11.4. The van der Waals surface area contributed by atoms with E-state index in [1.807, 2.05) is 26.8 Å². The number of allylic oxidation sites excluding steroid dienone is 2. The summed E-state index contributed by atoms with van der Waals surface area (Å²) in [6, 6.07) is 0. The van der Waals surface area contributed by atoms with Crippen molar-refractivity contribution in [3.63, 3.8) is 0 Å². The highest BCUT2D eigenvalue weighted by Gasteiger charge is 2.65. The summed E-state index contributed by atoms with van der Waals surface area (Å²) >= 11 is 0. The van der Waals surface area contributed by atoms with E-state index in [4.69, 9.17) is 18.9 Å². The Bertz CT molecular complexity index is 1300. The summed E-state index contributed by atoms with van der Waals surface area (Å²) in [6.07, 6.45) is -6.93. The standard InChI is InChI=1S/C39H64O13/c1-17(2)7-10-25(42)18(3)29-26(50-37-35(48)33(46)31(44)27(16-40)51-37)15-24-22-9-8-20-13-21(41)14-28(39(20,6)23(22)11-12-38(24,29)5)52-36-34(47)32(45)30(43)19(4)49-36/h7-8,18-19,21-37,40-48H,9-16H2,1-6H3. The molecular weight excluding hydrogens is 676 g/mol. The maximum absolute atomic E-state index is 11.6. The van der Waals surface area contributed by atoms with Crippen molar-refractivity contribution >= 4 is 0 Å². The van der Waals surface area contributed by atoms with Crippen molar-refractivity contribution in [2.75, 3.05) is 6.61 Å². The van der Waals surface area contributed by atoms with Crippen molar-refractivity contribution in [2.24, 2.45) is 40.4 Å². The minimum Gasteiger partial charge on any atom is -0.394 e. The maximum atomic E-state index is 11.6. The van der Waals surface area contributed by atoms with E-state index in [1.54, 1.807) is 6.92 Å². The van der Waals surface area contributed by atoms with Crippen LogP contribution in [0.5, 0.6) is 0 Å². The Morgan fingerprint density at radius 2 is 1.56 bits per heavy atom. The molecule has 13 heteroatoms. The Kier molecular flexibility index (Phi) is 12.1. The molecule has 21 unspecified atom stereocenters. The zero-order valence-electron chi connectivity index (χ0n) is 31.4. The first-order chi connectivity index (χ1) is 24.4. The number of ether oxygens (including phenoxy) is 4. The molecule has 0 bridgehead atoms. The van der Waals surface area contributed by atoms with E-state index in [1.165, 1.54) is 0 Å². The van der Waals surface area contributed by atoms with Crippen LogP contribution in [0.3, 0.4) is 0 Å². The number of aliphatic hydroxyl groups is 9. The number of hydrogen-bond acceptors (Lipinski definition) is 13. The lowest BCUT2D eigenvalue weighted by atomic mass is 9.46. The molecule has 21 atom stereocenters. The van der Waals surface area contributed by atoms with Crippen molar-refractivity contribution < 1.29 is 64.9 Å². The van der Waals surface area contributed by atoms with Crippen LogP contribution in [-0.2, 0) is 18.9 Å². The SMILES string of the molecule is CC(C)=CCC(O)C(C)C1C(OC2OC(CO)C(O)C(O)C2O)CC2C3CC=C4CC(O)CC(OC5OC(C)C(O)C(O)C5O)C4(C)C3CCC21C. The predicted octanol–water partition coefficient (Wildman–Crippen LogP) is 0.897. The molecule has 6 aliphatic rings. The molecule has 52 heavy (non-hydrogen) atoms. The smallest absolute Gasteiger partial charge is 0.186 e. The lowest BCUT2D eigenvalue weighted by molar-refractivity contribution is -0.318. The van der Waals surface area contributed by atoms with Gasteiger partial charge in [0.2, 0.25) is 0 Å². The number of fused-ring (bicyclic) bond motifs is 5. The molecule has 0 radical (unpaired) electrons. The van der Waals surface area contributed by atoms with Crippen LogP contribution in [0, 0.1) is 40.4 Å². The van der Waals surface area contributed by atoms with E-state index in [9.17, 15) is 46.0 Å². The lowest BCUT2D eigenvalue weighted by Gasteiger charge is -2.60. The van der Waals surface area contributed by atoms with Crippen LogP contribution in [0.15, 0.2) is 23.3 Å². The van der Waals surface area contributed by atoms with Gasteiger partial charge in [0.25, 0.3) is 0 Å². The van der Waals surface area contributed by atoms with Gasteiger partial charge in [-0.05, 0) is 94.3 Å². The number of rotatable bonds is 9. The topological polar surface area (TPSA) is 219 Å². The molecule has 0 aromatic heterocycles. The van der Waals surface area contributed by atoms with Crippen LogP contribution in [0.25, 0.3) is 0 Å². The second-order valence-corrected chi connectivity index (χ2v) is 17.6. The van der Waals surface area contributed by atoms with Crippen molar-refractivity contribution in [3.8, 4) is 0 Å². The molecule has 2 heterocycles. The van der Waals surface area contributed by atoms with Gasteiger partial charge in [0.15, 0.2) is 12.6 Å². The molecule has 2 saturated heterocycles. The lowest BCUT2D eigenvalue weighted by Crippen LogP contribution is -2.61. The highest BCUT2D eigenvalue weighted by atomic mass is 16.7. The monoisotopic (exact) mass is 740 g/mol. The fraction of sp³-hybridized carbons (Fsp3) is 0.897. The third-order valence-corrected chi connectivity index (χ3v) is 14.4. The summed E-state index contributed by atoms with van der Waals surface area (Å²) in [4.78, 5) is 0. The van der Waals surface area contributed by atoms with Gasteiger partial charge < -0.3 is 64.9 Å². The Balaban J connectivity index is 1.32. The Labute approximate surface area is 307 Å². The first-order valence-corrected chi connectivity index (χ1v) is 19.4. The third-order valence-electron chi connectivity index (χ3n) is 14.4. The number of hydrogen-bond donors (Lipinski definition) is 9. The second-order valence-electron chi connectivity index (χ2n) is 17.6. The van der Waals surface area contributed by atoms with E-state index in [0.717, 1.165) is 30.4 Å². The molecular formula is C39H64O13. The predicted molar refractivity (Wildman–Crippen MR) is 187 cm³/mol. The molecule has 3 saturated carbocycles. The Morgan fingerprint density at radius 3 is 2.21 bits per heavy atom. The molecule has 0 aromatic rings. The van der Waals surface area contributed by atoms with Crippen molar-refractivity contribution in [2.45, 2.75) is 172 Å². The van der Waals surface area contributed by atoms with E-state index in [-0.39, 0.29) is 35.0 Å². The van der Waals surface area contributed by atoms with Crippen LogP contribution in [-0.4, -0.2) is 138 Å². The van der Waals surface area contributed by atoms with E-state index in [0.29, 0.717) is 25.7 Å². The maximum Gasteiger partial charge on any atom is 0.186 e. The van der Waals surface area contributed by atoms with Gasteiger partial charge in [-0.2, -0.15) is 0 Å². The zero-order valence-corrected chi connectivity index (χ0v) is 31.4. The summed E-state index contributed by atoms with van der Waals surface area (Å²) < 4.78 is 24.9. The van der Waals surface area contributed by atoms with Crippen molar-refractivity contribution in [1.82, 2.24) is 0 Å².